The van der Waals surface area contributed by atoms with Gasteiger partial charge in [0.15, 0.2) is 0 Å². The average molecular weight is 312 g/mol. The van der Waals surface area contributed by atoms with Crippen molar-refractivity contribution in [3.05, 3.63) is 65.2 Å². The van der Waals surface area contributed by atoms with Gasteiger partial charge in [0.2, 0.25) is 0 Å². The van der Waals surface area contributed by atoms with E-state index in [9.17, 15) is 0 Å². The van der Waals surface area contributed by atoms with Gasteiger partial charge in [0.05, 0.1) is 0 Å². The van der Waals surface area contributed by atoms with Crippen molar-refractivity contribution in [3.8, 4) is 5.75 Å². The topological polar surface area (TPSA) is 38.5 Å². The third-order valence-electron chi connectivity index (χ3n) is 4.27. The summed E-state index contributed by atoms with van der Waals surface area (Å²) in [6.45, 7) is 9.67. The molecule has 0 aliphatic carbocycles. The summed E-state index contributed by atoms with van der Waals surface area (Å²) in [5, 5.41) is 0. The zero-order valence-corrected chi connectivity index (χ0v) is 14.5. The maximum Gasteiger partial charge on any atom is 0.119 e. The number of hydrogen-bond donors (Lipinski definition) is 1. The van der Waals surface area contributed by atoms with Crippen LogP contribution >= 0.6 is 0 Å². The summed E-state index contributed by atoms with van der Waals surface area (Å²) in [5.74, 6) is 0.893. The van der Waals surface area contributed by atoms with E-state index >= 15 is 0 Å². The van der Waals surface area contributed by atoms with Crippen molar-refractivity contribution in [2.24, 2.45) is 5.73 Å². The fourth-order valence-corrected chi connectivity index (χ4v) is 2.80. The molecule has 0 aliphatic rings. The molecule has 2 aromatic carbocycles. The molecule has 23 heavy (non-hydrogen) atoms. The summed E-state index contributed by atoms with van der Waals surface area (Å²) >= 11 is 0. The minimum atomic E-state index is 0.274. The molecular formula is C20H28N2O. The molecule has 0 saturated heterocycles. The number of nitrogens with two attached hydrogens (primary N) is 1. The largest absolute Gasteiger partial charge is 0.489 e. The number of hydrogen-bond acceptors (Lipinski definition) is 3. The zero-order valence-electron chi connectivity index (χ0n) is 14.5. The number of benzene rings is 2. The van der Waals surface area contributed by atoms with E-state index in [0.717, 1.165) is 18.8 Å². The van der Waals surface area contributed by atoms with Gasteiger partial charge in [-0.3, -0.25) is 4.90 Å². The van der Waals surface area contributed by atoms with Crippen molar-refractivity contribution in [3.63, 3.8) is 0 Å². The second kappa shape index (κ2) is 8.70. The van der Waals surface area contributed by atoms with E-state index in [-0.39, 0.29) is 6.04 Å². The number of aryl methyl sites for hydroxylation is 1. The Balaban J connectivity index is 1.99. The monoisotopic (exact) mass is 312 g/mol. The van der Waals surface area contributed by atoms with Crippen LogP contribution in [0.3, 0.4) is 0 Å². The highest BCUT2D eigenvalue weighted by atomic mass is 16.5. The number of nitrogens with zero attached hydrogens (tertiary/aromatic N) is 1. The van der Waals surface area contributed by atoms with Gasteiger partial charge in [-0.25, -0.2) is 0 Å². The van der Waals surface area contributed by atoms with Crippen molar-refractivity contribution < 1.29 is 4.74 Å². The minimum Gasteiger partial charge on any atom is -0.489 e. The molecule has 2 rings (SSSR count). The lowest BCUT2D eigenvalue weighted by atomic mass is 10.1. The Morgan fingerprint density at radius 1 is 0.957 bits per heavy atom. The predicted molar refractivity (Wildman–Crippen MR) is 96.7 cm³/mol. The highest BCUT2D eigenvalue weighted by Gasteiger charge is 2.15. The molecule has 1 atom stereocenters. The van der Waals surface area contributed by atoms with Gasteiger partial charge in [-0.05, 0) is 43.3 Å². The van der Waals surface area contributed by atoms with Crippen LogP contribution in [0.25, 0.3) is 0 Å². The third-order valence-corrected chi connectivity index (χ3v) is 4.27. The van der Waals surface area contributed by atoms with Crippen molar-refractivity contribution in [2.45, 2.75) is 33.4 Å². The van der Waals surface area contributed by atoms with Crippen molar-refractivity contribution in [1.29, 1.82) is 0 Å². The van der Waals surface area contributed by atoms with Crippen LogP contribution in [-0.2, 0) is 6.61 Å². The molecule has 0 saturated carbocycles. The van der Waals surface area contributed by atoms with Crippen LogP contribution < -0.4 is 10.5 Å². The Bertz CT molecular complexity index is 574. The summed E-state index contributed by atoms with van der Waals surface area (Å²) in [7, 11) is 0. The lowest BCUT2D eigenvalue weighted by Gasteiger charge is -2.29. The smallest absolute Gasteiger partial charge is 0.119 e. The van der Waals surface area contributed by atoms with Gasteiger partial charge in [-0.1, -0.05) is 55.8 Å². The molecular weight excluding hydrogens is 284 g/mol. The van der Waals surface area contributed by atoms with Crippen LogP contribution in [0.2, 0.25) is 0 Å². The maximum absolute atomic E-state index is 5.97. The van der Waals surface area contributed by atoms with Crippen LogP contribution in [0.15, 0.2) is 48.5 Å². The van der Waals surface area contributed by atoms with E-state index in [0.29, 0.717) is 13.2 Å². The van der Waals surface area contributed by atoms with Crippen molar-refractivity contribution in [1.82, 2.24) is 4.90 Å². The molecule has 2 aromatic rings. The number of ether oxygens (including phenoxy) is 1. The molecule has 1 unspecified atom stereocenters. The Hall–Kier alpha value is -1.84. The molecule has 0 bridgehead atoms. The Morgan fingerprint density at radius 2 is 1.57 bits per heavy atom. The molecule has 0 fully saturated rings. The third kappa shape index (κ3) is 4.81. The molecule has 2 N–H and O–H groups in total. The first kappa shape index (κ1) is 17.5. The number of rotatable bonds is 8. The zero-order chi connectivity index (χ0) is 16.7. The molecule has 0 heterocycles. The molecule has 3 heteroatoms. The molecule has 0 aromatic heterocycles. The van der Waals surface area contributed by atoms with E-state index < -0.39 is 0 Å². The Labute approximate surface area is 140 Å². The number of likely N-dealkylation sites (N-methyl/N-ethyl adjacent to an activating group) is 1. The van der Waals surface area contributed by atoms with Crippen LogP contribution in [0.4, 0.5) is 0 Å². The van der Waals surface area contributed by atoms with Crippen LogP contribution in [0.1, 0.15) is 36.6 Å². The highest BCUT2D eigenvalue weighted by molar-refractivity contribution is 5.30. The first-order chi connectivity index (χ1) is 11.2. The normalized spacial score (nSPS) is 12.4. The fourth-order valence-electron chi connectivity index (χ4n) is 2.80. The summed E-state index contributed by atoms with van der Waals surface area (Å²) in [5.41, 5.74) is 9.67. The summed E-state index contributed by atoms with van der Waals surface area (Å²) in [6.07, 6.45) is 0. The van der Waals surface area contributed by atoms with Crippen LogP contribution in [-0.4, -0.2) is 24.5 Å². The minimum absolute atomic E-state index is 0.274. The molecule has 124 valence electrons. The van der Waals surface area contributed by atoms with Gasteiger partial charge in [-0.15, -0.1) is 0 Å². The first-order valence-corrected chi connectivity index (χ1v) is 8.40. The lowest BCUT2D eigenvalue weighted by Crippen LogP contribution is -2.33. The van der Waals surface area contributed by atoms with E-state index in [1.165, 1.54) is 16.7 Å². The van der Waals surface area contributed by atoms with E-state index in [1.807, 2.05) is 12.1 Å². The van der Waals surface area contributed by atoms with Gasteiger partial charge in [0.25, 0.3) is 0 Å². The molecule has 0 aliphatic heterocycles. The summed E-state index contributed by atoms with van der Waals surface area (Å²) < 4.78 is 5.87. The Morgan fingerprint density at radius 3 is 2.09 bits per heavy atom. The standard InChI is InChI=1S/C20H28N2O/c1-4-22(5-2)20(14-21)18-10-12-19(13-11-18)23-15-17-8-6-16(3)7-9-17/h6-13,20H,4-5,14-15,21H2,1-3H3. The molecule has 0 amide bonds. The van der Waals surface area contributed by atoms with E-state index in [1.54, 1.807) is 0 Å². The second-order valence-electron chi connectivity index (χ2n) is 5.82. The first-order valence-electron chi connectivity index (χ1n) is 8.40. The van der Waals surface area contributed by atoms with Gasteiger partial charge >= 0.3 is 0 Å². The fraction of sp³-hybridized carbons (Fsp3) is 0.400. The maximum atomic E-state index is 5.97. The van der Waals surface area contributed by atoms with Crippen molar-refractivity contribution in [2.75, 3.05) is 19.6 Å². The van der Waals surface area contributed by atoms with Gasteiger partial charge < -0.3 is 10.5 Å². The summed E-state index contributed by atoms with van der Waals surface area (Å²) in [6, 6.07) is 17.0. The van der Waals surface area contributed by atoms with E-state index in [4.69, 9.17) is 10.5 Å². The van der Waals surface area contributed by atoms with Gasteiger partial charge in [-0.2, -0.15) is 0 Å². The predicted octanol–water partition coefficient (Wildman–Crippen LogP) is 3.92. The average Bonchev–Trinajstić information content (AvgIpc) is 2.60. The van der Waals surface area contributed by atoms with Gasteiger partial charge in [0, 0.05) is 12.6 Å². The van der Waals surface area contributed by atoms with Crippen LogP contribution in [0, 0.1) is 6.92 Å². The highest BCUT2D eigenvalue weighted by Crippen LogP contribution is 2.22. The summed E-state index contributed by atoms with van der Waals surface area (Å²) in [4.78, 5) is 2.38. The second-order valence-corrected chi connectivity index (χ2v) is 5.82. The van der Waals surface area contributed by atoms with Gasteiger partial charge in [0.1, 0.15) is 12.4 Å². The molecule has 0 spiro atoms. The van der Waals surface area contributed by atoms with Crippen LogP contribution in [0.5, 0.6) is 5.75 Å². The quantitative estimate of drug-likeness (QED) is 0.803. The SMILES string of the molecule is CCN(CC)C(CN)c1ccc(OCc2ccc(C)cc2)cc1. The Kier molecular flexibility index (Phi) is 6.63. The van der Waals surface area contributed by atoms with E-state index in [2.05, 4.69) is 62.1 Å². The lowest BCUT2D eigenvalue weighted by molar-refractivity contribution is 0.224. The molecule has 0 radical (unpaired) electrons. The molecule has 3 nitrogen and oxygen atoms in total. The van der Waals surface area contributed by atoms with Crippen molar-refractivity contribution >= 4 is 0 Å².